The van der Waals surface area contributed by atoms with Crippen molar-refractivity contribution >= 4 is 28.3 Å². The lowest BCUT2D eigenvalue weighted by Crippen LogP contribution is -2.13. The molecular formula is C5H4N6O2S. The Morgan fingerprint density at radius 3 is 3.00 bits per heavy atom. The first-order valence-electron chi connectivity index (χ1n) is 3.44. The first-order valence-corrected chi connectivity index (χ1v) is 4.21. The number of hydrogen-bond donors (Lipinski definition) is 2. The minimum absolute atomic E-state index is 0.0556. The van der Waals surface area contributed by atoms with E-state index in [9.17, 15) is 4.79 Å². The largest absolute Gasteiger partial charge is 0.379 e. The van der Waals surface area contributed by atoms with Gasteiger partial charge in [-0.25, -0.2) is 4.63 Å². The van der Waals surface area contributed by atoms with Crippen molar-refractivity contribution in [2.75, 3.05) is 11.1 Å². The zero-order valence-electron chi connectivity index (χ0n) is 6.67. The molecule has 0 bridgehead atoms. The lowest BCUT2D eigenvalue weighted by atomic mass is 10.4. The van der Waals surface area contributed by atoms with Crippen LogP contribution in [0.4, 0.5) is 10.8 Å². The van der Waals surface area contributed by atoms with Gasteiger partial charge in [0, 0.05) is 11.5 Å². The Morgan fingerprint density at radius 1 is 1.57 bits per heavy atom. The molecule has 0 fully saturated rings. The molecule has 9 heteroatoms. The van der Waals surface area contributed by atoms with E-state index in [2.05, 4.69) is 29.8 Å². The summed E-state index contributed by atoms with van der Waals surface area (Å²) in [5, 5.41) is 13.1. The number of hydrogen-bond acceptors (Lipinski definition) is 8. The van der Waals surface area contributed by atoms with Gasteiger partial charge in [0.15, 0.2) is 0 Å². The summed E-state index contributed by atoms with van der Waals surface area (Å²) < 4.78 is 7.84. The number of nitrogens with zero attached hydrogens (tertiary/aromatic N) is 4. The second kappa shape index (κ2) is 3.38. The lowest BCUT2D eigenvalue weighted by molar-refractivity contribution is 0.101. The Hall–Kier alpha value is -2.03. The van der Waals surface area contributed by atoms with Crippen LogP contribution in [0.5, 0.6) is 0 Å². The minimum atomic E-state index is -0.505. The van der Waals surface area contributed by atoms with Crippen LogP contribution >= 0.6 is 11.5 Å². The van der Waals surface area contributed by atoms with Crippen molar-refractivity contribution in [1.82, 2.24) is 19.9 Å². The van der Waals surface area contributed by atoms with Crippen LogP contribution in [0.1, 0.15) is 10.5 Å². The molecule has 1 amide bonds. The molecule has 2 rings (SSSR count). The van der Waals surface area contributed by atoms with Crippen LogP contribution in [-0.2, 0) is 0 Å². The van der Waals surface area contributed by atoms with Gasteiger partial charge in [0.05, 0.1) is 6.20 Å². The lowest BCUT2D eigenvalue weighted by Gasteiger charge is -1.95. The van der Waals surface area contributed by atoms with Gasteiger partial charge in [-0.05, 0) is 10.3 Å². The molecule has 0 spiro atoms. The molecule has 14 heavy (non-hydrogen) atoms. The maximum atomic E-state index is 11.4. The van der Waals surface area contributed by atoms with E-state index in [0.29, 0.717) is 5.00 Å². The van der Waals surface area contributed by atoms with Crippen LogP contribution in [0.15, 0.2) is 10.8 Å². The van der Waals surface area contributed by atoms with Crippen LogP contribution in [0, 0.1) is 0 Å². The number of anilines is 2. The summed E-state index contributed by atoms with van der Waals surface area (Å²) in [4.78, 5) is 11.4. The fraction of sp³-hybridized carbons (Fsp3) is 0. The number of carbonyl (C=O) groups excluding carboxylic acids is 1. The van der Waals surface area contributed by atoms with Crippen molar-refractivity contribution in [2.24, 2.45) is 0 Å². The van der Waals surface area contributed by atoms with Gasteiger partial charge in [-0.2, -0.15) is 0 Å². The number of aromatic nitrogens is 4. The monoisotopic (exact) mass is 212 g/mol. The molecule has 0 saturated carbocycles. The summed E-state index contributed by atoms with van der Waals surface area (Å²) in [7, 11) is 0. The standard InChI is InChI=1S/C5H4N6O2S/c6-4-3(9-13-10-4)5(12)8-2-1-7-11-14-2/h1H,(H2,6,10)(H,8,12). The number of nitrogens with one attached hydrogen (secondary N) is 1. The van der Waals surface area contributed by atoms with Crippen LogP contribution in [0.25, 0.3) is 0 Å². The van der Waals surface area contributed by atoms with Crippen LogP contribution < -0.4 is 11.1 Å². The second-order valence-electron chi connectivity index (χ2n) is 2.23. The van der Waals surface area contributed by atoms with E-state index in [0.717, 1.165) is 11.5 Å². The van der Waals surface area contributed by atoms with Gasteiger partial charge in [-0.15, -0.1) is 5.10 Å². The van der Waals surface area contributed by atoms with Crippen LogP contribution in [-0.4, -0.2) is 25.8 Å². The van der Waals surface area contributed by atoms with Gasteiger partial charge in [0.1, 0.15) is 5.00 Å². The van der Waals surface area contributed by atoms with E-state index < -0.39 is 5.91 Å². The van der Waals surface area contributed by atoms with Gasteiger partial charge >= 0.3 is 0 Å². The maximum Gasteiger partial charge on any atom is 0.282 e. The Labute approximate surface area is 81.2 Å². The molecule has 0 aliphatic carbocycles. The molecule has 2 aromatic rings. The highest BCUT2D eigenvalue weighted by Crippen LogP contribution is 2.12. The summed E-state index contributed by atoms with van der Waals surface area (Å²) in [6, 6.07) is 0. The number of amides is 1. The molecule has 0 aromatic carbocycles. The molecule has 0 aliphatic heterocycles. The van der Waals surface area contributed by atoms with E-state index in [4.69, 9.17) is 5.73 Å². The molecule has 0 unspecified atom stereocenters. The topological polar surface area (TPSA) is 120 Å². The molecule has 3 N–H and O–H groups in total. The fourth-order valence-corrected chi connectivity index (χ4v) is 1.16. The quantitative estimate of drug-likeness (QED) is 0.704. The summed E-state index contributed by atoms with van der Waals surface area (Å²) >= 11 is 1.04. The molecule has 2 aromatic heterocycles. The molecule has 8 nitrogen and oxygen atoms in total. The molecule has 0 radical (unpaired) electrons. The first kappa shape index (κ1) is 8.56. The predicted molar refractivity (Wildman–Crippen MR) is 46.6 cm³/mol. The SMILES string of the molecule is Nc1nonc1C(=O)Nc1cnns1. The van der Waals surface area contributed by atoms with E-state index in [1.165, 1.54) is 6.20 Å². The molecular weight excluding hydrogens is 208 g/mol. The van der Waals surface area contributed by atoms with Crippen molar-refractivity contribution in [3.05, 3.63) is 11.9 Å². The smallest absolute Gasteiger partial charge is 0.282 e. The summed E-state index contributed by atoms with van der Waals surface area (Å²) in [5.74, 6) is -0.560. The molecule has 72 valence electrons. The average molecular weight is 212 g/mol. The second-order valence-corrected chi connectivity index (χ2v) is 3.02. The Kier molecular flexibility index (Phi) is 2.07. The highest BCUT2D eigenvalue weighted by Gasteiger charge is 2.16. The van der Waals surface area contributed by atoms with E-state index in [1.807, 2.05) is 0 Å². The maximum absolute atomic E-state index is 11.4. The third-order valence-electron chi connectivity index (χ3n) is 1.33. The third-order valence-corrected chi connectivity index (χ3v) is 1.91. The summed E-state index contributed by atoms with van der Waals surface area (Å²) in [6.07, 6.45) is 1.41. The molecule has 2 heterocycles. The van der Waals surface area contributed by atoms with Crippen LogP contribution in [0.2, 0.25) is 0 Å². The predicted octanol–water partition coefficient (Wildman–Crippen LogP) is -0.244. The Morgan fingerprint density at radius 2 is 2.43 bits per heavy atom. The molecule has 0 saturated heterocycles. The summed E-state index contributed by atoms with van der Waals surface area (Å²) in [6.45, 7) is 0. The Bertz CT molecular complexity index is 437. The zero-order chi connectivity index (χ0) is 9.97. The van der Waals surface area contributed by atoms with Crippen molar-refractivity contribution in [3.63, 3.8) is 0 Å². The molecule has 0 aliphatic rings. The van der Waals surface area contributed by atoms with Gasteiger partial charge in [0.25, 0.3) is 5.91 Å². The van der Waals surface area contributed by atoms with Crippen LogP contribution in [0.3, 0.4) is 0 Å². The van der Waals surface area contributed by atoms with Gasteiger partial charge in [0.2, 0.25) is 11.5 Å². The van der Waals surface area contributed by atoms with Crippen molar-refractivity contribution in [2.45, 2.75) is 0 Å². The first-order chi connectivity index (χ1) is 6.77. The van der Waals surface area contributed by atoms with Crippen molar-refractivity contribution in [1.29, 1.82) is 0 Å². The van der Waals surface area contributed by atoms with Crippen molar-refractivity contribution in [3.8, 4) is 0 Å². The normalized spacial score (nSPS) is 10.0. The minimum Gasteiger partial charge on any atom is -0.379 e. The highest BCUT2D eigenvalue weighted by atomic mass is 32.1. The van der Waals surface area contributed by atoms with E-state index in [-0.39, 0.29) is 11.5 Å². The van der Waals surface area contributed by atoms with Gasteiger partial charge < -0.3 is 11.1 Å². The average Bonchev–Trinajstić information content (AvgIpc) is 2.75. The number of nitrogens with two attached hydrogens (primary N) is 1. The number of nitrogen functional groups attached to an aromatic ring is 1. The third kappa shape index (κ3) is 1.52. The molecule has 0 atom stereocenters. The van der Waals surface area contributed by atoms with E-state index >= 15 is 0 Å². The number of carbonyl (C=O) groups is 1. The van der Waals surface area contributed by atoms with Gasteiger partial charge in [-0.3, -0.25) is 4.79 Å². The van der Waals surface area contributed by atoms with Crippen molar-refractivity contribution < 1.29 is 9.42 Å². The summed E-state index contributed by atoms with van der Waals surface area (Å²) in [5.41, 5.74) is 5.26. The van der Waals surface area contributed by atoms with Gasteiger partial charge in [-0.1, -0.05) is 4.49 Å². The Balaban J connectivity index is 2.14. The van der Waals surface area contributed by atoms with E-state index in [1.54, 1.807) is 0 Å². The highest BCUT2D eigenvalue weighted by molar-refractivity contribution is 7.10. The zero-order valence-corrected chi connectivity index (χ0v) is 7.48. The fourth-order valence-electron chi connectivity index (χ4n) is 0.746. The number of rotatable bonds is 2.